The Morgan fingerprint density at radius 1 is 1.09 bits per heavy atom. The minimum atomic E-state index is -0.620. The topological polar surface area (TPSA) is 119 Å². The van der Waals surface area contributed by atoms with E-state index in [2.05, 4.69) is 10.6 Å². The SMILES string of the molecule is CCn1cc(C(=O)NCC(=O)NCCc2ccc(O)cc2)c(=O)c2cc3c(cc21)OCO3. The normalized spacial score (nSPS) is 12.0. The highest BCUT2D eigenvalue weighted by Gasteiger charge is 2.20. The van der Waals surface area contributed by atoms with Crippen molar-refractivity contribution in [3.63, 3.8) is 0 Å². The average molecular weight is 437 g/mol. The number of nitrogens with one attached hydrogen (secondary N) is 2. The summed E-state index contributed by atoms with van der Waals surface area (Å²) in [5.41, 5.74) is 1.12. The van der Waals surface area contributed by atoms with Crippen molar-refractivity contribution < 1.29 is 24.2 Å². The van der Waals surface area contributed by atoms with Gasteiger partial charge in [-0.15, -0.1) is 0 Å². The highest BCUT2D eigenvalue weighted by molar-refractivity contribution is 5.99. The maximum atomic E-state index is 12.9. The number of hydrogen-bond donors (Lipinski definition) is 3. The Bertz CT molecular complexity index is 1230. The van der Waals surface area contributed by atoms with Crippen LogP contribution >= 0.6 is 0 Å². The Morgan fingerprint density at radius 3 is 2.53 bits per heavy atom. The Morgan fingerprint density at radius 2 is 1.81 bits per heavy atom. The Labute approximate surface area is 183 Å². The molecule has 0 bridgehead atoms. The zero-order valence-electron chi connectivity index (χ0n) is 17.5. The van der Waals surface area contributed by atoms with Crippen LogP contribution in [0.3, 0.4) is 0 Å². The van der Waals surface area contributed by atoms with Gasteiger partial charge in [-0.25, -0.2) is 0 Å². The lowest BCUT2D eigenvalue weighted by Crippen LogP contribution is -2.39. The second-order valence-corrected chi connectivity index (χ2v) is 7.33. The van der Waals surface area contributed by atoms with Crippen LogP contribution in [0.4, 0.5) is 0 Å². The van der Waals surface area contributed by atoms with Crippen LogP contribution < -0.4 is 25.5 Å². The van der Waals surface area contributed by atoms with Crippen LogP contribution in [0.15, 0.2) is 47.4 Å². The van der Waals surface area contributed by atoms with Gasteiger partial charge < -0.3 is 29.8 Å². The minimum absolute atomic E-state index is 0.0462. The Balaban J connectivity index is 1.41. The summed E-state index contributed by atoms with van der Waals surface area (Å²) in [5, 5.41) is 14.9. The Kier molecular flexibility index (Phi) is 5.98. The summed E-state index contributed by atoms with van der Waals surface area (Å²) in [6.07, 6.45) is 2.08. The van der Waals surface area contributed by atoms with Gasteiger partial charge in [-0.2, -0.15) is 0 Å². The smallest absolute Gasteiger partial charge is 0.257 e. The van der Waals surface area contributed by atoms with Crippen LogP contribution in [0, 0.1) is 0 Å². The molecule has 0 aliphatic carbocycles. The number of aromatic hydroxyl groups is 1. The first-order chi connectivity index (χ1) is 15.5. The van der Waals surface area contributed by atoms with Crippen LogP contribution in [0.2, 0.25) is 0 Å². The molecule has 2 amide bonds. The predicted octanol–water partition coefficient (Wildman–Crippen LogP) is 1.54. The van der Waals surface area contributed by atoms with E-state index >= 15 is 0 Å². The van der Waals surface area contributed by atoms with Crippen LogP contribution in [0.5, 0.6) is 17.2 Å². The van der Waals surface area contributed by atoms with E-state index in [4.69, 9.17) is 9.47 Å². The molecule has 1 aliphatic heterocycles. The second-order valence-electron chi connectivity index (χ2n) is 7.33. The molecule has 32 heavy (non-hydrogen) atoms. The number of amides is 2. The van der Waals surface area contributed by atoms with Crippen molar-refractivity contribution in [1.29, 1.82) is 0 Å². The molecule has 1 aromatic heterocycles. The van der Waals surface area contributed by atoms with Gasteiger partial charge in [-0.05, 0) is 37.1 Å². The van der Waals surface area contributed by atoms with Crippen molar-refractivity contribution in [2.24, 2.45) is 0 Å². The van der Waals surface area contributed by atoms with E-state index in [-0.39, 0.29) is 30.6 Å². The summed E-state index contributed by atoms with van der Waals surface area (Å²) >= 11 is 0. The van der Waals surface area contributed by atoms with Crippen molar-refractivity contribution in [1.82, 2.24) is 15.2 Å². The number of aromatic nitrogens is 1. The molecule has 0 saturated carbocycles. The van der Waals surface area contributed by atoms with Crippen LogP contribution in [-0.4, -0.2) is 41.4 Å². The number of hydrogen-bond acceptors (Lipinski definition) is 6. The van der Waals surface area contributed by atoms with Crippen molar-refractivity contribution in [2.75, 3.05) is 19.9 Å². The lowest BCUT2D eigenvalue weighted by atomic mass is 10.1. The molecule has 166 valence electrons. The summed E-state index contributed by atoms with van der Waals surface area (Å²) in [6, 6.07) is 10.0. The number of pyridine rings is 1. The first kappa shape index (κ1) is 21.2. The van der Waals surface area contributed by atoms with Crippen molar-refractivity contribution in [3.05, 3.63) is 63.9 Å². The number of fused-ring (bicyclic) bond motifs is 2. The second kappa shape index (κ2) is 9.01. The Hall–Kier alpha value is -4.01. The van der Waals surface area contributed by atoms with Crippen molar-refractivity contribution in [3.8, 4) is 17.2 Å². The third-order valence-corrected chi connectivity index (χ3v) is 5.24. The maximum Gasteiger partial charge on any atom is 0.257 e. The molecule has 0 spiro atoms. The molecule has 3 aromatic rings. The number of nitrogens with zero attached hydrogens (tertiary/aromatic N) is 1. The highest BCUT2D eigenvalue weighted by Crippen LogP contribution is 2.35. The molecule has 9 heteroatoms. The van der Waals surface area contributed by atoms with Crippen molar-refractivity contribution in [2.45, 2.75) is 19.9 Å². The van der Waals surface area contributed by atoms with Gasteiger partial charge in [-0.3, -0.25) is 14.4 Å². The summed E-state index contributed by atoms with van der Waals surface area (Å²) in [5.74, 6) is 0.215. The molecule has 3 N–H and O–H groups in total. The molecule has 0 fully saturated rings. The third kappa shape index (κ3) is 4.36. The van der Waals surface area contributed by atoms with Gasteiger partial charge in [0.25, 0.3) is 5.91 Å². The first-order valence-electron chi connectivity index (χ1n) is 10.3. The molecule has 0 saturated heterocycles. The summed E-state index contributed by atoms with van der Waals surface area (Å²) in [6.45, 7) is 2.65. The lowest BCUT2D eigenvalue weighted by Gasteiger charge is -2.12. The van der Waals surface area contributed by atoms with Gasteiger partial charge in [0.2, 0.25) is 18.1 Å². The van der Waals surface area contributed by atoms with E-state index in [1.165, 1.54) is 6.20 Å². The number of ether oxygens (including phenoxy) is 2. The van der Waals surface area contributed by atoms with Crippen molar-refractivity contribution >= 4 is 22.7 Å². The number of carbonyl (C=O) groups excluding carboxylic acids is 2. The van der Waals surface area contributed by atoms with Gasteiger partial charge in [0, 0.05) is 25.4 Å². The van der Waals surface area contributed by atoms with Gasteiger partial charge in [0.05, 0.1) is 17.4 Å². The largest absolute Gasteiger partial charge is 0.508 e. The highest BCUT2D eigenvalue weighted by atomic mass is 16.7. The molecule has 2 aromatic carbocycles. The minimum Gasteiger partial charge on any atom is -0.508 e. The van der Waals surface area contributed by atoms with Gasteiger partial charge in [-0.1, -0.05) is 12.1 Å². The maximum absolute atomic E-state index is 12.9. The quantitative estimate of drug-likeness (QED) is 0.516. The average Bonchev–Trinajstić information content (AvgIpc) is 3.26. The van der Waals surface area contributed by atoms with Gasteiger partial charge >= 0.3 is 0 Å². The number of phenols is 1. The molecule has 9 nitrogen and oxygen atoms in total. The lowest BCUT2D eigenvalue weighted by molar-refractivity contribution is -0.120. The number of benzene rings is 2. The summed E-state index contributed by atoms with van der Waals surface area (Å²) in [4.78, 5) is 37.7. The fourth-order valence-electron chi connectivity index (χ4n) is 3.53. The molecular weight excluding hydrogens is 414 g/mol. The number of carbonyl (C=O) groups is 2. The zero-order chi connectivity index (χ0) is 22.7. The zero-order valence-corrected chi connectivity index (χ0v) is 17.5. The first-order valence-corrected chi connectivity index (χ1v) is 10.3. The number of aryl methyl sites for hydroxylation is 1. The van der Waals surface area contributed by atoms with Crippen LogP contribution in [0.25, 0.3) is 10.9 Å². The number of phenolic OH excluding ortho intramolecular Hbond substituents is 1. The number of rotatable bonds is 7. The molecule has 1 aliphatic rings. The van der Waals surface area contributed by atoms with E-state index in [9.17, 15) is 19.5 Å². The van der Waals surface area contributed by atoms with E-state index in [0.29, 0.717) is 41.9 Å². The summed E-state index contributed by atoms with van der Waals surface area (Å²) in [7, 11) is 0. The third-order valence-electron chi connectivity index (χ3n) is 5.24. The van der Waals surface area contributed by atoms with Crippen LogP contribution in [0.1, 0.15) is 22.8 Å². The van der Waals surface area contributed by atoms with E-state index < -0.39 is 11.3 Å². The van der Waals surface area contributed by atoms with Crippen LogP contribution in [-0.2, 0) is 17.8 Å². The monoisotopic (exact) mass is 437 g/mol. The molecule has 4 rings (SSSR count). The van der Waals surface area contributed by atoms with E-state index in [1.54, 1.807) is 41.0 Å². The summed E-state index contributed by atoms with van der Waals surface area (Å²) < 4.78 is 12.5. The predicted molar refractivity (Wildman–Crippen MR) is 117 cm³/mol. The molecule has 0 atom stereocenters. The van der Waals surface area contributed by atoms with Gasteiger partial charge in [0.15, 0.2) is 11.5 Å². The molecule has 0 unspecified atom stereocenters. The fraction of sp³-hybridized carbons (Fsp3) is 0.261. The van der Waals surface area contributed by atoms with E-state index in [1.807, 2.05) is 6.92 Å². The fourth-order valence-corrected chi connectivity index (χ4v) is 3.53. The standard InChI is InChI=1S/C23H23N3O6/c1-2-26-12-17(22(29)16-9-19-20(10-18(16)26)32-13-31-19)23(30)25-11-21(28)24-8-7-14-3-5-15(27)6-4-14/h3-6,9-10,12,27H,2,7-8,11,13H2,1H3,(H,24,28)(H,25,30). The van der Waals surface area contributed by atoms with Gasteiger partial charge in [0.1, 0.15) is 11.3 Å². The molecule has 0 radical (unpaired) electrons. The molecular formula is C23H23N3O6. The van der Waals surface area contributed by atoms with E-state index in [0.717, 1.165) is 5.56 Å². The molecule has 2 heterocycles.